The fourth-order valence-electron chi connectivity index (χ4n) is 2.00. The SMILES string of the molecule is O=C(O)c1nnn(Cc2ccccc2)c1Oc1ccccc1. The fourth-order valence-corrected chi connectivity index (χ4v) is 2.00. The first-order valence-corrected chi connectivity index (χ1v) is 6.67. The molecule has 0 bridgehead atoms. The lowest BCUT2D eigenvalue weighted by Crippen LogP contribution is -2.06. The van der Waals surface area contributed by atoms with E-state index < -0.39 is 5.97 Å². The molecule has 0 amide bonds. The Morgan fingerprint density at radius 3 is 2.32 bits per heavy atom. The van der Waals surface area contributed by atoms with Crippen molar-refractivity contribution in [3.8, 4) is 11.6 Å². The van der Waals surface area contributed by atoms with Crippen LogP contribution in [-0.4, -0.2) is 26.1 Å². The first kappa shape index (κ1) is 13.8. The molecule has 0 radical (unpaired) electrons. The zero-order chi connectivity index (χ0) is 15.4. The number of hydrogen-bond donors (Lipinski definition) is 1. The third kappa shape index (κ3) is 2.95. The quantitative estimate of drug-likeness (QED) is 0.783. The number of benzene rings is 2. The van der Waals surface area contributed by atoms with E-state index in [1.165, 1.54) is 4.68 Å². The van der Waals surface area contributed by atoms with Gasteiger partial charge in [0.2, 0.25) is 5.69 Å². The van der Waals surface area contributed by atoms with Crippen LogP contribution in [0.2, 0.25) is 0 Å². The molecule has 3 aromatic rings. The summed E-state index contributed by atoms with van der Waals surface area (Å²) >= 11 is 0. The number of carboxylic acid groups (broad SMARTS) is 1. The van der Waals surface area contributed by atoms with Gasteiger partial charge in [0.25, 0.3) is 5.88 Å². The lowest BCUT2D eigenvalue weighted by atomic mass is 10.2. The molecule has 0 unspecified atom stereocenters. The second kappa shape index (κ2) is 6.09. The van der Waals surface area contributed by atoms with Crippen LogP contribution in [0.4, 0.5) is 0 Å². The number of rotatable bonds is 5. The standard InChI is InChI=1S/C16H13N3O3/c20-16(21)14-15(22-13-9-5-2-6-10-13)19(18-17-14)11-12-7-3-1-4-8-12/h1-10H,11H2,(H,20,21). The van der Waals surface area contributed by atoms with E-state index in [9.17, 15) is 9.90 Å². The van der Waals surface area contributed by atoms with Crippen molar-refractivity contribution in [1.29, 1.82) is 0 Å². The Hall–Kier alpha value is -3.15. The van der Waals surface area contributed by atoms with Crippen molar-refractivity contribution in [2.24, 2.45) is 0 Å². The molecule has 0 aliphatic rings. The van der Waals surface area contributed by atoms with Crippen LogP contribution in [0.25, 0.3) is 0 Å². The minimum atomic E-state index is -1.18. The van der Waals surface area contributed by atoms with Crippen LogP contribution in [-0.2, 0) is 6.54 Å². The summed E-state index contributed by atoms with van der Waals surface area (Å²) in [5.41, 5.74) is 0.766. The summed E-state index contributed by atoms with van der Waals surface area (Å²) < 4.78 is 7.11. The van der Waals surface area contributed by atoms with Crippen molar-refractivity contribution >= 4 is 5.97 Å². The third-order valence-electron chi connectivity index (χ3n) is 3.03. The van der Waals surface area contributed by atoms with E-state index >= 15 is 0 Å². The normalized spacial score (nSPS) is 10.4. The van der Waals surface area contributed by atoms with Gasteiger partial charge in [-0.25, -0.2) is 9.48 Å². The highest BCUT2D eigenvalue weighted by Crippen LogP contribution is 2.24. The molecule has 6 heteroatoms. The van der Waals surface area contributed by atoms with Crippen molar-refractivity contribution in [3.05, 3.63) is 71.9 Å². The molecule has 22 heavy (non-hydrogen) atoms. The van der Waals surface area contributed by atoms with Gasteiger partial charge in [-0.2, -0.15) is 0 Å². The molecule has 6 nitrogen and oxygen atoms in total. The first-order valence-electron chi connectivity index (χ1n) is 6.67. The van der Waals surface area contributed by atoms with Gasteiger partial charge in [-0.05, 0) is 17.7 Å². The maximum Gasteiger partial charge on any atom is 0.362 e. The molecule has 0 aliphatic heterocycles. The van der Waals surface area contributed by atoms with Gasteiger partial charge in [0.05, 0.1) is 6.54 Å². The van der Waals surface area contributed by atoms with Gasteiger partial charge in [0.15, 0.2) is 0 Å². The minimum Gasteiger partial charge on any atom is -0.476 e. The number of nitrogens with zero attached hydrogens (tertiary/aromatic N) is 3. The van der Waals surface area contributed by atoms with Gasteiger partial charge < -0.3 is 9.84 Å². The van der Waals surface area contributed by atoms with Crippen molar-refractivity contribution in [1.82, 2.24) is 15.0 Å². The van der Waals surface area contributed by atoms with Gasteiger partial charge in [-0.1, -0.05) is 53.7 Å². The summed E-state index contributed by atoms with van der Waals surface area (Å²) in [5, 5.41) is 16.8. The molecule has 1 heterocycles. The second-order valence-corrected chi connectivity index (χ2v) is 4.61. The molecular formula is C16H13N3O3. The first-order chi connectivity index (χ1) is 10.7. The smallest absolute Gasteiger partial charge is 0.362 e. The lowest BCUT2D eigenvalue weighted by Gasteiger charge is -2.08. The third-order valence-corrected chi connectivity index (χ3v) is 3.03. The largest absolute Gasteiger partial charge is 0.476 e. The van der Waals surface area contributed by atoms with Crippen LogP contribution in [0.15, 0.2) is 60.7 Å². The number of carboxylic acids is 1. The second-order valence-electron chi connectivity index (χ2n) is 4.61. The number of para-hydroxylation sites is 1. The molecule has 3 rings (SSSR count). The Morgan fingerprint density at radius 1 is 1.05 bits per heavy atom. The van der Waals surface area contributed by atoms with Crippen molar-refractivity contribution < 1.29 is 14.6 Å². The highest BCUT2D eigenvalue weighted by Gasteiger charge is 2.21. The Labute approximate surface area is 126 Å². The van der Waals surface area contributed by atoms with Crippen LogP contribution in [0.3, 0.4) is 0 Å². The summed E-state index contributed by atoms with van der Waals surface area (Å²) in [7, 11) is 0. The molecule has 0 aliphatic carbocycles. The fraction of sp³-hybridized carbons (Fsp3) is 0.0625. The topological polar surface area (TPSA) is 77.2 Å². The molecular weight excluding hydrogens is 282 g/mol. The van der Waals surface area contributed by atoms with E-state index in [2.05, 4.69) is 10.3 Å². The number of aromatic carboxylic acids is 1. The van der Waals surface area contributed by atoms with Crippen LogP contribution in [0, 0.1) is 0 Å². The van der Waals surface area contributed by atoms with E-state index in [1.807, 2.05) is 36.4 Å². The van der Waals surface area contributed by atoms with Crippen LogP contribution in [0.5, 0.6) is 11.6 Å². The Morgan fingerprint density at radius 2 is 1.68 bits per heavy atom. The molecule has 0 spiro atoms. The minimum absolute atomic E-state index is 0.113. The predicted octanol–water partition coefficient (Wildman–Crippen LogP) is 2.82. The van der Waals surface area contributed by atoms with Crippen LogP contribution < -0.4 is 4.74 Å². The molecule has 0 atom stereocenters. The van der Waals surface area contributed by atoms with Gasteiger partial charge in [0.1, 0.15) is 5.75 Å². The number of carbonyl (C=O) groups is 1. The number of aromatic nitrogens is 3. The number of hydrogen-bond acceptors (Lipinski definition) is 4. The molecule has 110 valence electrons. The van der Waals surface area contributed by atoms with E-state index in [0.717, 1.165) is 5.56 Å². The molecule has 1 aromatic heterocycles. The van der Waals surface area contributed by atoms with Gasteiger partial charge >= 0.3 is 5.97 Å². The zero-order valence-electron chi connectivity index (χ0n) is 11.6. The summed E-state index contributed by atoms with van der Waals surface area (Å²) in [6.45, 7) is 0.378. The van der Waals surface area contributed by atoms with Crippen molar-refractivity contribution in [2.75, 3.05) is 0 Å². The van der Waals surface area contributed by atoms with E-state index in [0.29, 0.717) is 12.3 Å². The lowest BCUT2D eigenvalue weighted by molar-refractivity contribution is 0.0687. The highest BCUT2D eigenvalue weighted by atomic mass is 16.5. The average Bonchev–Trinajstić information content (AvgIpc) is 2.92. The Kier molecular flexibility index (Phi) is 3.82. The van der Waals surface area contributed by atoms with Crippen molar-refractivity contribution in [3.63, 3.8) is 0 Å². The summed E-state index contributed by atoms with van der Waals surface area (Å²) in [6, 6.07) is 18.5. The highest BCUT2D eigenvalue weighted by molar-refractivity contribution is 5.87. The predicted molar refractivity (Wildman–Crippen MR) is 79.0 cm³/mol. The van der Waals surface area contributed by atoms with Gasteiger partial charge in [-0.15, -0.1) is 5.10 Å². The zero-order valence-corrected chi connectivity index (χ0v) is 11.6. The van der Waals surface area contributed by atoms with E-state index in [-0.39, 0.29) is 11.6 Å². The van der Waals surface area contributed by atoms with Crippen LogP contribution >= 0.6 is 0 Å². The average molecular weight is 295 g/mol. The Bertz CT molecular complexity index is 770. The maximum atomic E-state index is 11.3. The molecule has 0 saturated carbocycles. The molecule has 2 aromatic carbocycles. The van der Waals surface area contributed by atoms with E-state index in [4.69, 9.17) is 4.74 Å². The maximum absolute atomic E-state index is 11.3. The van der Waals surface area contributed by atoms with Crippen LogP contribution in [0.1, 0.15) is 16.1 Å². The van der Waals surface area contributed by atoms with E-state index in [1.54, 1.807) is 24.3 Å². The summed E-state index contributed by atoms with van der Waals surface area (Å²) in [4.78, 5) is 11.3. The molecule has 0 saturated heterocycles. The van der Waals surface area contributed by atoms with Gasteiger partial charge in [0, 0.05) is 0 Å². The Balaban J connectivity index is 1.95. The molecule has 1 N–H and O–H groups in total. The van der Waals surface area contributed by atoms with Gasteiger partial charge in [-0.3, -0.25) is 0 Å². The molecule has 0 fully saturated rings. The number of ether oxygens (including phenoxy) is 1. The summed E-state index contributed by atoms with van der Waals surface area (Å²) in [6.07, 6.45) is 0. The van der Waals surface area contributed by atoms with Crippen molar-refractivity contribution in [2.45, 2.75) is 6.54 Å². The monoisotopic (exact) mass is 295 g/mol. The summed E-state index contributed by atoms with van der Waals surface area (Å²) in [5.74, 6) is -0.533.